The van der Waals surface area contributed by atoms with Crippen LogP contribution < -0.4 is 15.1 Å². The molecule has 1 N–H and O–H groups in total. The Morgan fingerprint density at radius 3 is 1.72 bits per heavy atom. The van der Waals surface area contributed by atoms with Gasteiger partial charge in [-0.25, -0.2) is 0 Å². The van der Waals surface area contributed by atoms with Crippen LogP contribution in [0.1, 0.15) is 33.6 Å². The summed E-state index contributed by atoms with van der Waals surface area (Å²) in [5.74, 6) is 0. The van der Waals surface area contributed by atoms with E-state index in [1.54, 1.807) is 0 Å². The first-order valence-corrected chi connectivity index (χ1v) is 18.8. The number of nitrogens with zero attached hydrogens (tertiary/aromatic N) is 5. The Balaban J connectivity index is 0.000000152. The second-order valence-corrected chi connectivity index (χ2v) is 13.9. The zero-order valence-electron chi connectivity index (χ0n) is 31.6. The molecule has 7 nitrogen and oxygen atoms in total. The number of rotatable bonds is 6. The van der Waals surface area contributed by atoms with Crippen LogP contribution in [0.5, 0.6) is 0 Å². The number of anilines is 2. The SMILES string of the molecule is Cc1ccc2c(N3CCNCC3)cccc2n1.Cc1cccc(/C=C/N2CCN(c3cccc4nc(C)ccc34)CC2)c1.Cc1cccc(CC=O)c1. The van der Waals surface area contributed by atoms with Gasteiger partial charge in [0.1, 0.15) is 6.29 Å². The maximum atomic E-state index is 10.1. The summed E-state index contributed by atoms with van der Waals surface area (Å²) in [5, 5.41) is 5.90. The minimum atomic E-state index is 0.529. The van der Waals surface area contributed by atoms with Crippen molar-refractivity contribution in [2.45, 2.75) is 34.1 Å². The number of piperazine rings is 2. The van der Waals surface area contributed by atoms with Gasteiger partial charge in [0.15, 0.2) is 0 Å². The van der Waals surface area contributed by atoms with Crippen LogP contribution in [0.25, 0.3) is 27.9 Å². The van der Waals surface area contributed by atoms with Gasteiger partial charge in [-0.05, 0) is 99.6 Å². The van der Waals surface area contributed by atoms with Gasteiger partial charge in [-0.3, -0.25) is 9.97 Å². The molecule has 0 atom stereocenters. The molecule has 0 radical (unpaired) electrons. The van der Waals surface area contributed by atoms with Crippen LogP contribution in [0.3, 0.4) is 0 Å². The number of aldehydes is 1. The standard InChI is InChI=1S/C23H25N3.C14H17N3.C9H10O/c1-18-5-3-6-20(17-18)11-12-25-13-15-26(16-14-25)23-8-4-7-22-21(23)10-9-19(2)24-22;1-11-5-6-12-13(16-11)3-2-4-14(12)17-9-7-15-8-10-17;1-8-3-2-4-9(7-8)5-6-10/h3-12,17H,13-16H2,1-2H3;2-6,15H,7-10H2,1H3;2-4,6-7H,5H2,1H3/b12-11+;;. The van der Waals surface area contributed by atoms with Crippen molar-refractivity contribution < 1.29 is 4.79 Å². The molecule has 4 heterocycles. The van der Waals surface area contributed by atoms with Crippen LogP contribution in [0.15, 0.2) is 115 Å². The van der Waals surface area contributed by atoms with E-state index in [0.717, 1.165) is 86.6 Å². The summed E-state index contributed by atoms with van der Waals surface area (Å²) in [6.45, 7) is 16.7. The number of aromatic nitrogens is 2. The average Bonchev–Trinajstić information content (AvgIpc) is 3.18. The summed E-state index contributed by atoms with van der Waals surface area (Å²) >= 11 is 0. The first-order valence-electron chi connectivity index (χ1n) is 18.8. The minimum Gasteiger partial charge on any atom is -0.374 e. The summed E-state index contributed by atoms with van der Waals surface area (Å²) in [6, 6.07) is 38.0. The topological polar surface area (TPSA) is 64.6 Å². The number of benzene rings is 4. The summed E-state index contributed by atoms with van der Waals surface area (Å²) in [6.07, 6.45) is 5.91. The molecule has 0 saturated carbocycles. The van der Waals surface area contributed by atoms with Crippen molar-refractivity contribution in [2.24, 2.45) is 0 Å². The third-order valence-corrected chi connectivity index (χ3v) is 9.73. The fourth-order valence-electron chi connectivity index (χ4n) is 6.95. The van der Waals surface area contributed by atoms with Crippen molar-refractivity contribution in [1.82, 2.24) is 20.2 Å². The Bertz CT molecular complexity index is 2150. The summed E-state index contributed by atoms with van der Waals surface area (Å²) < 4.78 is 0. The Kier molecular flexibility index (Phi) is 12.9. The number of pyridine rings is 2. The molecule has 7 heteroatoms. The third kappa shape index (κ3) is 10.3. The zero-order valence-corrected chi connectivity index (χ0v) is 31.6. The molecular formula is C46H52N6O. The monoisotopic (exact) mass is 704 g/mol. The van der Waals surface area contributed by atoms with Crippen LogP contribution in [-0.2, 0) is 11.2 Å². The number of hydrogen-bond donors (Lipinski definition) is 1. The lowest BCUT2D eigenvalue weighted by Gasteiger charge is -2.36. The predicted octanol–water partition coefficient (Wildman–Crippen LogP) is 8.33. The fourth-order valence-corrected chi connectivity index (χ4v) is 6.95. The van der Waals surface area contributed by atoms with E-state index in [0.29, 0.717) is 6.42 Å². The summed E-state index contributed by atoms with van der Waals surface area (Å²) in [5.41, 5.74) is 11.8. The molecule has 0 unspecified atom stereocenters. The van der Waals surface area contributed by atoms with Crippen LogP contribution >= 0.6 is 0 Å². The highest BCUT2D eigenvalue weighted by Gasteiger charge is 2.17. The lowest BCUT2D eigenvalue weighted by Crippen LogP contribution is -2.44. The molecule has 6 aromatic rings. The minimum absolute atomic E-state index is 0.529. The second-order valence-electron chi connectivity index (χ2n) is 13.9. The maximum absolute atomic E-state index is 10.1. The van der Waals surface area contributed by atoms with Crippen LogP contribution in [0.2, 0.25) is 0 Å². The fraction of sp³-hybridized carbons (Fsp3) is 0.283. The zero-order chi connectivity index (χ0) is 37.0. The van der Waals surface area contributed by atoms with Gasteiger partial charge in [0.25, 0.3) is 0 Å². The molecule has 0 aliphatic carbocycles. The molecule has 2 aliphatic heterocycles. The van der Waals surface area contributed by atoms with Gasteiger partial charge < -0.3 is 24.8 Å². The van der Waals surface area contributed by atoms with E-state index < -0.39 is 0 Å². The van der Waals surface area contributed by atoms with Crippen LogP contribution in [0, 0.1) is 27.7 Å². The van der Waals surface area contributed by atoms with Crippen molar-refractivity contribution in [2.75, 3.05) is 62.2 Å². The van der Waals surface area contributed by atoms with Crippen molar-refractivity contribution >= 4 is 45.5 Å². The molecule has 2 saturated heterocycles. The smallest absolute Gasteiger partial charge is 0.124 e. The molecule has 0 spiro atoms. The van der Waals surface area contributed by atoms with Gasteiger partial charge in [0.05, 0.1) is 11.0 Å². The highest BCUT2D eigenvalue weighted by molar-refractivity contribution is 5.92. The molecule has 8 rings (SSSR count). The van der Waals surface area contributed by atoms with Crippen molar-refractivity contribution in [3.8, 4) is 0 Å². The second kappa shape index (κ2) is 18.3. The van der Waals surface area contributed by atoms with Crippen molar-refractivity contribution in [1.29, 1.82) is 0 Å². The van der Waals surface area contributed by atoms with E-state index in [4.69, 9.17) is 0 Å². The van der Waals surface area contributed by atoms with E-state index in [1.807, 2.05) is 45.0 Å². The van der Waals surface area contributed by atoms with Crippen molar-refractivity contribution in [3.05, 3.63) is 149 Å². The lowest BCUT2D eigenvalue weighted by atomic mass is 10.1. The van der Waals surface area contributed by atoms with Crippen molar-refractivity contribution in [3.63, 3.8) is 0 Å². The molecule has 0 amide bonds. The molecule has 0 bridgehead atoms. The summed E-state index contributed by atoms with van der Waals surface area (Å²) in [7, 11) is 0. The lowest BCUT2D eigenvalue weighted by molar-refractivity contribution is -0.107. The first-order chi connectivity index (χ1) is 25.9. The number of aryl methyl sites for hydroxylation is 4. The predicted molar refractivity (Wildman–Crippen MR) is 223 cm³/mol. The average molecular weight is 705 g/mol. The van der Waals surface area contributed by atoms with E-state index in [9.17, 15) is 4.79 Å². The van der Waals surface area contributed by atoms with Gasteiger partial charge in [-0.1, -0.05) is 71.8 Å². The molecule has 2 fully saturated rings. The van der Waals surface area contributed by atoms with Gasteiger partial charge in [-0.2, -0.15) is 0 Å². The third-order valence-electron chi connectivity index (χ3n) is 9.73. The van der Waals surface area contributed by atoms with Gasteiger partial charge in [0.2, 0.25) is 0 Å². The molecule has 53 heavy (non-hydrogen) atoms. The Labute approximate surface area is 315 Å². The van der Waals surface area contributed by atoms with Crippen LogP contribution in [-0.4, -0.2) is 73.5 Å². The number of hydrogen-bond acceptors (Lipinski definition) is 7. The Morgan fingerprint density at radius 1 is 0.604 bits per heavy atom. The molecular weight excluding hydrogens is 653 g/mol. The number of fused-ring (bicyclic) bond motifs is 2. The Morgan fingerprint density at radius 2 is 1.15 bits per heavy atom. The summed E-state index contributed by atoms with van der Waals surface area (Å²) in [4.78, 5) is 26.7. The highest BCUT2D eigenvalue weighted by Crippen LogP contribution is 2.28. The normalized spacial score (nSPS) is 14.5. The quantitative estimate of drug-likeness (QED) is 0.175. The van der Waals surface area contributed by atoms with Gasteiger partial charge in [-0.15, -0.1) is 0 Å². The number of carbonyl (C=O) groups excluding carboxylic acids is 1. The first kappa shape index (κ1) is 37.2. The van der Waals surface area contributed by atoms with Gasteiger partial charge >= 0.3 is 0 Å². The molecule has 4 aromatic carbocycles. The van der Waals surface area contributed by atoms with E-state index in [1.165, 1.54) is 38.8 Å². The van der Waals surface area contributed by atoms with E-state index in [2.05, 4.69) is 134 Å². The number of nitrogens with one attached hydrogen (secondary N) is 1. The largest absolute Gasteiger partial charge is 0.374 e. The van der Waals surface area contributed by atoms with Crippen LogP contribution in [0.4, 0.5) is 11.4 Å². The molecule has 272 valence electrons. The highest BCUT2D eigenvalue weighted by atomic mass is 16.1. The molecule has 2 aromatic heterocycles. The molecule has 2 aliphatic rings. The maximum Gasteiger partial charge on any atom is 0.124 e. The van der Waals surface area contributed by atoms with Gasteiger partial charge in [0, 0.05) is 92.3 Å². The van der Waals surface area contributed by atoms with E-state index in [-0.39, 0.29) is 0 Å². The number of carbonyl (C=O) groups is 1. The Hall–Kier alpha value is -5.53. The van der Waals surface area contributed by atoms with E-state index >= 15 is 0 Å².